The molecule has 0 saturated heterocycles. The molecule has 10 aromatic rings. The molecule has 0 aliphatic heterocycles. The molecule has 0 radical (unpaired) electrons. The zero-order valence-corrected chi connectivity index (χ0v) is 33.2. The molecule has 6 heteroatoms. The lowest BCUT2D eigenvalue weighted by Crippen LogP contribution is -2.16. The van der Waals surface area contributed by atoms with Gasteiger partial charge >= 0.3 is 0 Å². The van der Waals surface area contributed by atoms with Crippen LogP contribution in [-0.4, -0.2) is 15.0 Å². The minimum atomic E-state index is -0.151. The van der Waals surface area contributed by atoms with Crippen molar-refractivity contribution in [1.82, 2.24) is 15.0 Å². The third-order valence-corrected chi connectivity index (χ3v) is 12.4. The van der Waals surface area contributed by atoms with Gasteiger partial charge in [-0.3, -0.25) is 0 Å². The van der Waals surface area contributed by atoms with Gasteiger partial charge in [-0.15, -0.1) is 0 Å². The number of hydrogen-bond acceptors (Lipinski definition) is 6. The molecule has 6 nitrogen and oxygen atoms in total. The Balaban J connectivity index is 0.995. The number of benzene rings is 7. The van der Waals surface area contributed by atoms with E-state index in [-0.39, 0.29) is 5.41 Å². The van der Waals surface area contributed by atoms with Crippen LogP contribution in [0, 0.1) is 0 Å². The molecule has 286 valence electrons. The van der Waals surface area contributed by atoms with Crippen molar-refractivity contribution in [1.29, 1.82) is 0 Å². The second kappa shape index (κ2) is 13.2. The molecule has 0 atom stereocenters. The summed E-state index contributed by atoms with van der Waals surface area (Å²) in [6, 6.07) is 53.3. The van der Waals surface area contributed by atoms with Gasteiger partial charge in [-0.1, -0.05) is 117 Å². The number of anilines is 3. The number of hydrogen-bond donors (Lipinski definition) is 0. The van der Waals surface area contributed by atoms with Gasteiger partial charge in [0.2, 0.25) is 0 Å². The minimum absolute atomic E-state index is 0.151. The van der Waals surface area contributed by atoms with E-state index in [1.807, 2.05) is 42.5 Å². The average Bonchev–Trinajstić information content (AvgIpc) is 3.93. The molecule has 0 spiro atoms. The first kappa shape index (κ1) is 34.5. The fourth-order valence-electron chi connectivity index (χ4n) is 9.33. The van der Waals surface area contributed by atoms with Crippen molar-refractivity contribution in [3.05, 3.63) is 187 Å². The second-order valence-corrected chi connectivity index (χ2v) is 16.3. The highest BCUT2D eigenvalue weighted by Crippen LogP contribution is 2.51. The van der Waals surface area contributed by atoms with Crippen molar-refractivity contribution in [2.75, 3.05) is 4.90 Å². The largest absolute Gasteiger partial charge is 0.456 e. The van der Waals surface area contributed by atoms with Gasteiger partial charge in [0.1, 0.15) is 22.3 Å². The first-order valence-electron chi connectivity index (χ1n) is 20.6. The van der Waals surface area contributed by atoms with Crippen LogP contribution in [0.4, 0.5) is 17.1 Å². The molecule has 0 saturated carbocycles. The predicted octanol–water partition coefficient (Wildman–Crippen LogP) is 14.5. The van der Waals surface area contributed by atoms with Crippen LogP contribution in [0.15, 0.2) is 179 Å². The monoisotopic (exact) mass is 774 g/mol. The first-order chi connectivity index (χ1) is 29.5. The summed E-state index contributed by atoms with van der Waals surface area (Å²) in [6.45, 7) is 4.65. The van der Waals surface area contributed by atoms with Crippen molar-refractivity contribution in [2.24, 2.45) is 0 Å². The number of rotatable bonds is 6. The van der Waals surface area contributed by atoms with E-state index in [0.29, 0.717) is 17.5 Å². The zero-order valence-electron chi connectivity index (χ0n) is 33.2. The van der Waals surface area contributed by atoms with E-state index >= 15 is 0 Å². The van der Waals surface area contributed by atoms with Gasteiger partial charge in [0.05, 0.1) is 0 Å². The molecule has 0 amide bonds. The highest BCUT2D eigenvalue weighted by atomic mass is 16.3. The Bertz CT molecular complexity index is 3420. The van der Waals surface area contributed by atoms with Crippen LogP contribution in [0.25, 0.3) is 83.4 Å². The standard InChI is InChI=1S/C54H38N4O2/c1-54(2)45-19-11-9-17-39(45)40-26-22-36(30-46(40)54)58(37-23-27-43-41-18-10-12-20-47(41)59-49(43)31-37)38-24-28-44-42-25-21-35(29-48(42)60-50(44)32-38)53-56-51(33-13-5-3-6-14-33)55-52(57-53)34-15-7-4-8-16-34/h3-7,9-15,17-32H,8,16H2,1-2H3. The van der Waals surface area contributed by atoms with Gasteiger partial charge in [0, 0.05) is 67.3 Å². The molecule has 0 N–H and O–H groups in total. The summed E-state index contributed by atoms with van der Waals surface area (Å²) >= 11 is 0. The smallest absolute Gasteiger partial charge is 0.164 e. The Morgan fingerprint density at radius 2 is 1.07 bits per heavy atom. The number of furan rings is 2. The highest BCUT2D eigenvalue weighted by Gasteiger charge is 2.36. The van der Waals surface area contributed by atoms with Crippen LogP contribution in [0.3, 0.4) is 0 Å². The van der Waals surface area contributed by atoms with Gasteiger partial charge in [-0.25, -0.2) is 15.0 Å². The minimum Gasteiger partial charge on any atom is -0.456 e. The first-order valence-corrected chi connectivity index (χ1v) is 20.6. The SMILES string of the molecule is CC1(C)c2ccccc2-c2ccc(N(c3ccc4c(c3)oc3ccccc34)c3ccc4c(c3)oc3cc(-c5nc(C6=CC=CCC6)nc(-c6ccccc6)n5)ccc34)cc21. The number of fused-ring (bicyclic) bond motifs is 9. The summed E-state index contributed by atoms with van der Waals surface area (Å²) in [7, 11) is 0. The van der Waals surface area contributed by atoms with Crippen LogP contribution in [-0.2, 0) is 5.41 Å². The van der Waals surface area contributed by atoms with Crippen molar-refractivity contribution >= 4 is 66.5 Å². The molecule has 2 aliphatic rings. The van der Waals surface area contributed by atoms with Crippen molar-refractivity contribution in [2.45, 2.75) is 32.1 Å². The number of para-hydroxylation sites is 1. The topological polar surface area (TPSA) is 68.2 Å². The summed E-state index contributed by atoms with van der Waals surface area (Å²) in [6.07, 6.45) is 8.22. The Labute approximate surface area is 346 Å². The molecular formula is C54H38N4O2. The van der Waals surface area contributed by atoms with Crippen molar-refractivity contribution in [3.8, 4) is 33.9 Å². The highest BCUT2D eigenvalue weighted by molar-refractivity contribution is 6.08. The molecule has 12 rings (SSSR count). The normalized spacial score (nSPS) is 14.2. The number of aromatic nitrogens is 3. The molecule has 0 bridgehead atoms. The Hall–Kier alpha value is -7.57. The average molecular weight is 775 g/mol. The molecular weight excluding hydrogens is 737 g/mol. The van der Waals surface area contributed by atoms with Crippen LogP contribution in [0.2, 0.25) is 0 Å². The third-order valence-electron chi connectivity index (χ3n) is 12.4. The zero-order chi connectivity index (χ0) is 40.0. The van der Waals surface area contributed by atoms with E-state index in [1.54, 1.807) is 0 Å². The van der Waals surface area contributed by atoms with Crippen molar-refractivity contribution < 1.29 is 8.83 Å². The van der Waals surface area contributed by atoms with Gasteiger partial charge in [0.15, 0.2) is 17.5 Å². The quantitative estimate of drug-likeness (QED) is 0.168. The third kappa shape index (κ3) is 5.45. The molecule has 3 aromatic heterocycles. The fourth-order valence-corrected chi connectivity index (χ4v) is 9.33. The lowest BCUT2D eigenvalue weighted by Gasteiger charge is -2.28. The van der Waals surface area contributed by atoms with Crippen LogP contribution in [0.5, 0.6) is 0 Å². The summed E-state index contributed by atoms with van der Waals surface area (Å²) < 4.78 is 13.2. The van der Waals surface area contributed by atoms with Gasteiger partial charge in [0.25, 0.3) is 0 Å². The maximum Gasteiger partial charge on any atom is 0.164 e. The maximum atomic E-state index is 6.76. The van der Waals surface area contributed by atoms with Gasteiger partial charge in [-0.2, -0.15) is 0 Å². The number of allylic oxidation sites excluding steroid dienone is 4. The maximum absolute atomic E-state index is 6.76. The summed E-state index contributed by atoms with van der Waals surface area (Å²) in [5.74, 6) is 1.98. The lowest BCUT2D eigenvalue weighted by atomic mass is 9.82. The molecule has 2 aliphatic carbocycles. The molecule has 3 heterocycles. The van der Waals surface area contributed by atoms with Crippen molar-refractivity contribution in [3.63, 3.8) is 0 Å². The van der Waals surface area contributed by atoms with Crippen LogP contribution >= 0.6 is 0 Å². The van der Waals surface area contributed by atoms with E-state index in [2.05, 4.69) is 146 Å². The number of nitrogens with zero attached hydrogens (tertiary/aromatic N) is 4. The molecule has 7 aromatic carbocycles. The molecule has 0 fully saturated rings. The Morgan fingerprint density at radius 1 is 0.483 bits per heavy atom. The van der Waals surface area contributed by atoms with Gasteiger partial charge < -0.3 is 13.7 Å². The van der Waals surface area contributed by atoms with Crippen LogP contribution < -0.4 is 4.90 Å². The fraction of sp³-hybridized carbons (Fsp3) is 0.0926. The van der Waals surface area contributed by atoms with E-state index in [9.17, 15) is 0 Å². The Morgan fingerprint density at radius 3 is 1.83 bits per heavy atom. The second-order valence-electron chi connectivity index (χ2n) is 16.3. The lowest BCUT2D eigenvalue weighted by molar-refractivity contribution is 0.660. The van der Waals surface area contributed by atoms with E-state index in [1.165, 1.54) is 22.3 Å². The van der Waals surface area contributed by atoms with Crippen LogP contribution in [0.1, 0.15) is 43.6 Å². The summed E-state index contributed by atoms with van der Waals surface area (Å²) in [4.78, 5) is 17.3. The predicted molar refractivity (Wildman–Crippen MR) is 244 cm³/mol. The Kier molecular flexibility index (Phi) is 7.60. The summed E-state index contributed by atoms with van der Waals surface area (Å²) in [5.41, 5.74) is 14.4. The van der Waals surface area contributed by atoms with Gasteiger partial charge in [-0.05, 0) is 95.3 Å². The molecule has 0 unspecified atom stereocenters. The van der Waals surface area contributed by atoms with E-state index in [0.717, 1.165) is 90.5 Å². The van der Waals surface area contributed by atoms with E-state index < -0.39 is 0 Å². The summed E-state index contributed by atoms with van der Waals surface area (Å²) in [5, 5.41) is 4.28. The van der Waals surface area contributed by atoms with E-state index in [4.69, 9.17) is 23.8 Å². The molecule has 60 heavy (non-hydrogen) atoms.